The van der Waals surface area contributed by atoms with Crippen molar-refractivity contribution in [1.82, 2.24) is 0 Å². The second-order valence-electron chi connectivity index (χ2n) is 3.27. The molecule has 0 N–H and O–H groups in total. The minimum absolute atomic E-state index is 0.204. The highest BCUT2D eigenvalue weighted by atomic mass is 32.2. The van der Waals surface area contributed by atoms with E-state index in [2.05, 4.69) is 26.5 Å². The molecule has 0 radical (unpaired) electrons. The minimum Gasteiger partial charge on any atom is -0.355 e. The standard InChI is InChI=1S/C7H14OS2/c1-6(2)4-5-8-7(6,9)10-3/h9H,4-5H2,1-3H3. The molecule has 60 valence electrons. The molecule has 1 nitrogen and oxygen atoms in total. The molecular formula is C7H14OS2. The molecule has 0 amide bonds. The lowest BCUT2D eigenvalue weighted by molar-refractivity contribution is 0.110. The number of hydrogen-bond donors (Lipinski definition) is 1. The van der Waals surface area contributed by atoms with Gasteiger partial charge in [-0.15, -0.1) is 24.4 Å². The van der Waals surface area contributed by atoms with E-state index in [1.807, 2.05) is 6.26 Å². The molecule has 1 fully saturated rings. The summed E-state index contributed by atoms with van der Waals surface area (Å²) in [6.45, 7) is 5.24. The van der Waals surface area contributed by atoms with E-state index >= 15 is 0 Å². The van der Waals surface area contributed by atoms with Crippen molar-refractivity contribution < 1.29 is 4.74 Å². The van der Waals surface area contributed by atoms with Gasteiger partial charge in [-0.3, -0.25) is 0 Å². The molecule has 1 saturated heterocycles. The fraction of sp³-hybridized carbons (Fsp3) is 1.00. The molecule has 0 aliphatic carbocycles. The van der Waals surface area contributed by atoms with Crippen LogP contribution in [0.2, 0.25) is 0 Å². The Morgan fingerprint density at radius 3 is 2.30 bits per heavy atom. The first-order valence-corrected chi connectivity index (χ1v) is 5.10. The van der Waals surface area contributed by atoms with Gasteiger partial charge in [0.2, 0.25) is 0 Å². The third kappa shape index (κ3) is 1.19. The lowest BCUT2D eigenvalue weighted by Gasteiger charge is -2.33. The van der Waals surface area contributed by atoms with E-state index in [0.717, 1.165) is 13.0 Å². The number of rotatable bonds is 1. The summed E-state index contributed by atoms with van der Waals surface area (Å²) in [5.41, 5.74) is 0.204. The fourth-order valence-corrected chi connectivity index (χ4v) is 2.19. The lowest BCUT2D eigenvalue weighted by atomic mass is 9.92. The Hall–Kier alpha value is 0.660. The summed E-state index contributed by atoms with van der Waals surface area (Å²) in [6.07, 6.45) is 3.15. The van der Waals surface area contributed by atoms with E-state index < -0.39 is 0 Å². The first-order valence-electron chi connectivity index (χ1n) is 3.43. The Labute approximate surface area is 72.3 Å². The number of thiol groups is 1. The van der Waals surface area contributed by atoms with Crippen LogP contribution in [0.4, 0.5) is 0 Å². The summed E-state index contributed by atoms with van der Waals surface area (Å²) < 4.78 is 5.28. The number of hydrogen-bond acceptors (Lipinski definition) is 3. The molecule has 1 atom stereocenters. The van der Waals surface area contributed by atoms with Crippen molar-refractivity contribution in [2.45, 2.75) is 24.5 Å². The molecule has 0 aromatic rings. The second kappa shape index (κ2) is 2.61. The van der Waals surface area contributed by atoms with Gasteiger partial charge in [0.05, 0.1) is 6.61 Å². The highest BCUT2D eigenvalue weighted by molar-refractivity contribution is 8.10. The molecule has 10 heavy (non-hydrogen) atoms. The molecule has 1 rings (SSSR count). The normalized spacial score (nSPS) is 38.4. The molecule has 1 heterocycles. The quantitative estimate of drug-likeness (QED) is 0.487. The van der Waals surface area contributed by atoms with Gasteiger partial charge in [0, 0.05) is 5.41 Å². The third-order valence-corrected chi connectivity index (χ3v) is 4.66. The van der Waals surface area contributed by atoms with E-state index in [1.54, 1.807) is 11.8 Å². The Morgan fingerprint density at radius 1 is 1.50 bits per heavy atom. The third-order valence-electron chi connectivity index (χ3n) is 2.16. The molecule has 1 unspecified atom stereocenters. The van der Waals surface area contributed by atoms with E-state index in [1.165, 1.54) is 0 Å². The van der Waals surface area contributed by atoms with Crippen LogP contribution in [0, 0.1) is 5.41 Å². The van der Waals surface area contributed by atoms with Crippen molar-refractivity contribution in [3.05, 3.63) is 0 Å². The number of ether oxygens (including phenoxy) is 1. The average Bonchev–Trinajstić information content (AvgIpc) is 2.10. The Kier molecular flexibility index (Phi) is 2.28. The van der Waals surface area contributed by atoms with Gasteiger partial charge >= 0.3 is 0 Å². The minimum atomic E-state index is -0.257. The van der Waals surface area contributed by atoms with Gasteiger partial charge in [0.15, 0.2) is 4.27 Å². The van der Waals surface area contributed by atoms with Crippen molar-refractivity contribution in [2.75, 3.05) is 12.9 Å². The van der Waals surface area contributed by atoms with E-state index in [4.69, 9.17) is 4.74 Å². The van der Waals surface area contributed by atoms with Gasteiger partial charge in [0.1, 0.15) is 0 Å². The van der Waals surface area contributed by atoms with Crippen LogP contribution in [-0.2, 0) is 4.74 Å². The first-order chi connectivity index (χ1) is 4.52. The summed E-state index contributed by atoms with van der Waals surface area (Å²) in [5, 5.41) is 0. The van der Waals surface area contributed by atoms with Crippen molar-refractivity contribution in [1.29, 1.82) is 0 Å². The van der Waals surface area contributed by atoms with Crippen LogP contribution in [0.3, 0.4) is 0 Å². The molecular weight excluding hydrogens is 164 g/mol. The maximum atomic E-state index is 5.53. The van der Waals surface area contributed by atoms with Crippen molar-refractivity contribution in [3.8, 4) is 0 Å². The molecule has 0 aromatic carbocycles. The lowest BCUT2D eigenvalue weighted by Crippen LogP contribution is -2.31. The molecule has 1 aliphatic heterocycles. The maximum Gasteiger partial charge on any atom is 0.162 e. The Balaban J connectivity index is 2.76. The van der Waals surface area contributed by atoms with Crippen LogP contribution < -0.4 is 0 Å². The van der Waals surface area contributed by atoms with Gasteiger partial charge < -0.3 is 4.74 Å². The van der Waals surface area contributed by atoms with Crippen LogP contribution in [0.1, 0.15) is 20.3 Å². The van der Waals surface area contributed by atoms with Crippen molar-refractivity contribution in [3.63, 3.8) is 0 Å². The zero-order valence-electron chi connectivity index (χ0n) is 6.68. The SMILES string of the molecule is CSC1(S)OCCC1(C)C. The second-order valence-corrected chi connectivity index (χ2v) is 5.18. The zero-order chi connectivity index (χ0) is 7.83. The van der Waals surface area contributed by atoms with E-state index in [0.29, 0.717) is 0 Å². The summed E-state index contributed by atoms with van der Waals surface area (Å²) in [6, 6.07) is 0. The zero-order valence-corrected chi connectivity index (χ0v) is 8.39. The molecule has 3 heteroatoms. The predicted molar refractivity (Wildman–Crippen MR) is 49.6 cm³/mol. The molecule has 0 saturated carbocycles. The molecule has 1 aliphatic rings. The Bertz CT molecular complexity index is 136. The molecule has 0 aromatic heterocycles. The van der Waals surface area contributed by atoms with Crippen molar-refractivity contribution >= 4 is 24.4 Å². The smallest absolute Gasteiger partial charge is 0.162 e. The highest BCUT2D eigenvalue weighted by Crippen LogP contribution is 2.51. The average molecular weight is 178 g/mol. The van der Waals surface area contributed by atoms with Gasteiger partial charge in [-0.25, -0.2) is 0 Å². The summed E-state index contributed by atoms with van der Waals surface area (Å²) in [4.78, 5) is 0. The summed E-state index contributed by atoms with van der Waals surface area (Å²) in [5.74, 6) is 0. The highest BCUT2D eigenvalue weighted by Gasteiger charge is 2.47. The Morgan fingerprint density at radius 2 is 2.10 bits per heavy atom. The van der Waals surface area contributed by atoms with E-state index in [-0.39, 0.29) is 9.68 Å². The topological polar surface area (TPSA) is 9.23 Å². The first kappa shape index (κ1) is 8.75. The monoisotopic (exact) mass is 178 g/mol. The van der Waals surface area contributed by atoms with Crippen molar-refractivity contribution in [2.24, 2.45) is 5.41 Å². The van der Waals surface area contributed by atoms with Crippen LogP contribution in [-0.4, -0.2) is 17.1 Å². The number of thioether (sulfide) groups is 1. The van der Waals surface area contributed by atoms with Crippen LogP contribution in [0.25, 0.3) is 0 Å². The van der Waals surface area contributed by atoms with E-state index in [9.17, 15) is 0 Å². The van der Waals surface area contributed by atoms with Crippen LogP contribution in [0.5, 0.6) is 0 Å². The predicted octanol–water partition coefficient (Wildman–Crippen LogP) is 2.38. The summed E-state index contributed by atoms with van der Waals surface area (Å²) >= 11 is 6.19. The van der Waals surface area contributed by atoms with Crippen LogP contribution in [0.15, 0.2) is 0 Å². The maximum absolute atomic E-state index is 5.53. The van der Waals surface area contributed by atoms with Gasteiger partial charge in [-0.05, 0) is 12.7 Å². The fourth-order valence-electron chi connectivity index (χ4n) is 1.13. The summed E-state index contributed by atoms with van der Waals surface area (Å²) in [7, 11) is 0. The van der Waals surface area contributed by atoms with Crippen LogP contribution >= 0.6 is 24.4 Å². The van der Waals surface area contributed by atoms with Gasteiger partial charge in [-0.2, -0.15) is 0 Å². The van der Waals surface area contributed by atoms with Gasteiger partial charge in [-0.1, -0.05) is 13.8 Å². The van der Waals surface area contributed by atoms with Gasteiger partial charge in [0.25, 0.3) is 0 Å². The largest absolute Gasteiger partial charge is 0.355 e. The molecule has 0 bridgehead atoms. The molecule has 0 spiro atoms.